The highest BCUT2D eigenvalue weighted by molar-refractivity contribution is 5.43. The van der Waals surface area contributed by atoms with Crippen LogP contribution in [0, 0.1) is 0 Å². The smallest absolute Gasteiger partial charge is 0.119 e. The van der Waals surface area contributed by atoms with Gasteiger partial charge in [-0.25, -0.2) is 0 Å². The number of aliphatic hydroxyl groups is 2. The summed E-state index contributed by atoms with van der Waals surface area (Å²) in [6.45, 7) is 0.687. The molecule has 4 nitrogen and oxygen atoms in total. The Hall–Kier alpha value is -2.04. The van der Waals surface area contributed by atoms with Crippen molar-refractivity contribution >= 4 is 0 Å². The lowest BCUT2D eigenvalue weighted by atomic mass is 9.67. The number of benzene rings is 2. The molecule has 0 unspecified atom stereocenters. The summed E-state index contributed by atoms with van der Waals surface area (Å²) in [6, 6.07) is 16.9. The molecule has 2 aromatic rings. The van der Waals surface area contributed by atoms with Crippen molar-refractivity contribution in [1.29, 1.82) is 0 Å². The van der Waals surface area contributed by atoms with Crippen LogP contribution in [0.5, 0.6) is 11.5 Å². The van der Waals surface area contributed by atoms with Crippen LogP contribution in [0.2, 0.25) is 0 Å². The van der Waals surface area contributed by atoms with Crippen LogP contribution in [0.1, 0.15) is 68.9 Å². The molecule has 0 spiro atoms. The minimum Gasteiger partial charge on any atom is -0.491 e. The second-order valence-electron chi connectivity index (χ2n) is 8.25. The van der Waals surface area contributed by atoms with E-state index in [1.807, 2.05) is 24.3 Å². The van der Waals surface area contributed by atoms with E-state index in [4.69, 9.17) is 19.7 Å². The Kier molecular flexibility index (Phi) is 9.03. The molecule has 1 saturated carbocycles. The first kappa shape index (κ1) is 22.6. The van der Waals surface area contributed by atoms with Crippen LogP contribution < -0.4 is 9.47 Å². The summed E-state index contributed by atoms with van der Waals surface area (Å²) in [5, 5.41) is 18.0. The van der Waals surface area contributed by atoms with Gasteiger partial charge in [-0.15, -0.1) is 0 Å². The molecule has 0 radical (unpaired) electrons. The summed E-state index contributed by atoms with van der Waals surface area (Å²) in [5.41, 5.74) is 2.66. The van der Waals surface area contributed by atoms with Gasteiger partial charge in [-0.1, -0.05) is 69.2 Å². The largest absolute Gasteiger partial charge is 0.491 e. The molecule has 1 aliphatic carbocycles. The highest BCUT2D eigenvalue weighted by atomic mass is 16.5. The van der Waals surface area contributed by atoms with Gasteiger partial charge in [0.15, 0.2) is 0 Å². The van der Waals surface area contributed by atoms with E-state index < -0.39 is 0 Å². The average molecular weight is 413 g/mol. The van der Waals surface area contributed by atoms with E-state index in [1.165, 1.54) is 56.1 Å². The molecule has 1 fully saturated rings. The number of hydrogen-bond acceptors (Lipinski definition) is 4. The summed E-state index contributed by atoms with van der Waals surface area (Å²) < 4.78 is 11.2. The number of rotatable bonds is 8. The lowest BCUT2D eigenvalue weighted by Gasteiger charge is -2.36. The fourth-order valence-corrected chi connectivity index (χ4v) is 4.67. The standard InChI is InChI=1S/C26H36O4/c27-18-20-29-24-12-8-22(9-13-24)26(16-6-4-2-1-3-5-7-17-26)23-10-14-25(15-11-23)30-21-19-28/h8-15,27-28H,1-7,16-21H2. The fourth-order valence-electron chi connectivity index (χ4n) is 4.67. The second-order valence-corrected chi connectivity index (χ2v) is 8.25. The Balaban J connectivity index is 1.92. The van der Waals surface area contributed by atoms with Crippen molar-refractivity contribution in [3.8, 4) is 11.5 Å². The van der Waals surface area contributed by atoms with Crippen LogP contribution in [0.3, 0.4) is 0 Å². The van der Waals surface area contributed by atoms with Crippen molar-refractivity contribution in [1.82, 2.24) is 0 Å². The van der Waals surface area contributed by atoms with E-state index in [0.717, 1.165) is 24.3 Å². The minimum absolute atomic E-state index is 0.0116. The Morgan fingerprint density at radius 2 is 0.933 bits per heavy atom. The van der Waals surface area contributed by atoms with Crippen molar-refractivity contribution < 1.29 is 19.7 Å². The second kappa shape index (κ2) is 12.0. The van der Waals surface area contributed by atoms with E-state index in [1.54, 1.807) is 0 Å². The molecule has 0 saturated heterocycles. The molecule has 0 bridgehead atoms. The van der Waals surface area contributed by atoms with Crippen LogP contribution >= 0.6 is 0 Å². The van der Waals surface area contributed by atoms with Gasteiger partial charge in [-0.3, -0.25) is 0 Å². The van der Waals surface area contributed by atoms with E-state index in [2.05, 4.69) is 24.3 Å². The Labute approximate surface area is 180 Å². The zero-order chi connectivity index (χ0) is 21.1. The lowest BCUT2D eigenvalue weighted by Crippen LogP contribution is -2.28. The average Bonchev–Trinajstić information content (AvgIpc) is 2.80. The summed E-state index contributed by atoms with van der Waals surface area (Å²) in [4.78, 5) is 0. The third-order valence-corrected chi connectivity index (χ3v) is 6.24. The third-order valence-electron chi connectivity index (χ3n) is 6.24. The van der Waals surface area contributed by atoms with Crippen LogP contribution in [0.25, 0.3) is 0 Å². The van der Waals surface area contributed by atoms with E-state index in [0.29, 0.717) is 13.2 Å². The maximum atomic E-state index is 9.01. The van der Waals surface area contributed by atoms with E-state index in [-0.39, 0.29) is 18.6 Å². The van der Waals surface area contributed by atoms with Crippen molar-refractivity contribution in [2.45, 2.75) is 63.2 Å². The predicted octanol–water partition coefficient (Wildman–Crippen LogP) is 5.24. The van der Waals surface area contributed by atoms with Gasteiger partial charge >= 0.3 is 0 Å². The first-order valence-corrected chi connectivity index (χ1v) is 11.5. The van der Waals surface area contributed by atoms with Crippen molar-refractivity contribution in [2.24, 2.45) is 0 Å². The summed E-state index contributed by atoms with van der Waals surface area (Å²) >= 11 is 0. The minimum atomic E-state index is -0.0116. The van der Waals surface area contributed by atoms with Gasteiger partial charge in [-0.05, 0) is 48.2 Å². The molecule has 3 rings (SSSR count). The number of hydrogen-bond donors (Lipinski definition) is 2. The zero-order valence-corrected chi connectivity index (χ0v) is 18.0. The van der Waals surface area contributed by atoms with Gasteiger partial charge in [0.25, 0.3) is 0 Å². The lowest BCUT2D eigenvalue weighted by molar-refractivity contribution is 0.201. The summed E-state index contributed by atoms with van der Waals surface area (Å²) in [6.07, 6.45) is 11.3. The zero-order valence-electron chi connectivity index (χ0n) is 18.0. The summed E-state index contributed by atoms with van der Waals surface area (Å²) in [5.74, 6) is 1.60. The van der Waals surface area contributed by atoms with Gasteiger partial charge in [0.1, 0.15) is 24.7 Å². The van der Waals surface area contributed by atoms with Crippen molar-refractivity contribution in [3.63, 3.8) is 0 Å². The molecule has 0 amide bonds. The molecule has 0 aromatic heterocycles. The molecule has 4 heteroatoms. The topological polar surface area (TPSA) is 58.9 Å². The SMILES string of the molecule is OCCOc1ccc(C2(c3ccc(OCCO)cc3)CCCCCCCCC2)cc1. The van der Waals surface area contributed by atoms with E-state index in [9.17, 15) is 0 Å². The first-order chi connectivity index (χ1) is 14.8. The quantitative estimate of drug-likeness (QED) is 0.622. The van der Waals surface area contributed by atoms with Crippen molar-refractivity contribution in [3.05, 3.63) is 59.7 Å². The monoisotopic (exact) mass is 412 g/mol. The van der Waals surface area contributed by atoms with Gasteiger partial charge in [-0.2, -0.15) is 0 Å². The molecule has 0 heterocycles. The maximum Gasteiger partial charge on any atom is 0.119 e. The van der Waals surface area contributed by atoms with Gasteiger partial charge in [0.2, 0.25) is 0 Å². The number of ether oxygens (including phenoxy) is 2. The van der Waals surface area contributed by atoms with Gasteiger partial charge in [0, 0.05) is 5.41 Å². The Morgan fingerprint density at radius 3 is 1.30 bits per heavy atom. The molecule has 2 N–H and O–H groups in total. The molecule has 164 valence electrons. The molecule has 0 aliphatic heterocycles. The summed E-state index contributed by atoms with van der Waals surface area (Å²) in [7, 11) is 0. The van der Waals surface area contributed by atoms with Gasteiger partial charge in [0.05, 0.1) is 13.2 Å². The first-order valence-electron chi connectivity index (χ1n) is 11.5. The molecule has 2 aromatic carbocycles. The Bertz CT molecular complexity index is 660. The fraction of sp³-hybridized carbons (Fsp3) is 0.538. The highest BCUT2D eigenvalue weighted by Gasteiger charge is 2.33. The maximum absolute atomic E-state index is 9.01. The van der Waals surface area contributed by atoms with Crippen LogP contribution in [0.4, 0.5) is 0 Å². The Morgan fingerprint density at radius 1 is 0.567 bits per heavy atom. The molecule has 1 aliphatic rings. The molecule has 0 atom stereocenters. The molecular weight excluding hydrogens is 376 g/mol. The predicted molar refractivity (Wildman–Crippen MR) is 120 cm³/mol. The van der Waals surface area contributed by atoms with Crippen molar-refractivity contribution in [2.75, 3.05) is 26.4 Å². The normalized spacial score (nSPS) is 17.3. The van der Waals surface area contributed by atoms with Crippen LogP contribution in [0.15, 0.2) is 48.5 Å². The van der Waals surface area contributed by atoms with Crippen LogP contribution in [-0.2, 0) is 5.41 Å². The van der Waals surface area contributed by atoms with Gasteiger partial charge < -0.3 is 19.7 Å². The number of aliphatic hydroxyl groups excluding tert-OH is 2. The third kappa shape index (κ3) is 5.99. The molecule has 30 heavy (non-hydrogen) atoms. The van der Waals surface area contributed by atoms with E-state index >= 15 is 0 Å². The highest BCUT2D eigenvalue weighted by Crippen LogP contribution is 2.43. The van der Waals surface area contributed by atoms with Crippen LogP contribution in [-0.4, -0.2) is 36.6 Å². The molecular formula is C26H36O4.